The number of methoxy groups -OCH3 is 1. The lowest BCUT2D eigenvalue weighted by atomic mass is 10.1. The van der Waals surface area contributed by atoms with Gasteiger partial charge in [-0.1, -0.05) is 36.4 Å². The number of aromatic nitrogens is 1. The van der Waals surface area contributed by atoms with Gasteiger partial charge in [-0.3, -0.25) is 5.32 Å². The van der Waals surface area contributed by atoms with Crippen molar-refractivity contribution in [2.24, 2.45) is 0 Å². The van der Waals surface area contributed by atoms with Crippen LogP contribution in [0.5, 0.6) is 0 Å². The van der Waals surface area contributed by atoms with Crippen LogP contribution in [0.3, 0.4) is 0 Å². The first-order valence-electron chi connectivity index (χ1n) is 6.73. The molecule has 1 heterocycles. The molecule has 2 aromatic rings. The number of aryl methyl sites for hydroxylation is 1. The summed E-state index contributed by atoms with van der Waals surface area (Å²) in [6.07, 6.45) is 1.71. The Kier molecular flexibility index (Phi) is 5.29. The number of rotatable bonds is 5. The second-order valence-electron chi connectivity index (χ2n) is 4.74. The number of anilines is 1. The summed E-state index contributed by atoms with van der Waals surface area (Å²) in [7, 11) is 1.61. The SMILES string of the molecule is COC[C@H](NC(=O)Nc1ccc(C)cn1)c1ccccc1. The minimum Gasteiger partial charge on any atom is -0.382 e. The molecule has 0 saturated heterocycles. The molecule has 0 unspecified atom stereocenters. The number of carbonyl (C=O) groups excluding carboxylic acids is 1. The Bertz CT molecular complexity index is 570. The second kappa shape index (κ2) is 7.40. The molecule has 5 heteroatoms. The lowest BCUT2D eigenvalue weighted by molar-refractivity contribution is 0.168. The van der Waals surface area contributed by atoms with Crippen LogP contribution >= 0.6 is 0 Å². The van der Waals surface area contributed by atoms with Crippen LogP contribution in [0.15, 0.2) is 48.7 Å². The number of carbonyl (C=O) groups is 1. The van der Waals surface area contributed by atoms with Crippen molar-refractivity contribution in [3.63, 3.8) is 0 Å². The van der Waals surface area contributed by atoms with Crippen molar-refractivity contribution in [2.75, 3.05) is 19.0 Å². The van der Waals surface area contributed by atoms with Gasteiger partial charge in [-0.05, 0) is 24.1 Å². The molecule has 0 saturated carbocycles. The first-order valence-corrected chi connectivity index (χ1v) is 6.73. The number of nitrogens with zero attached hydrogens (tertiary/aromatic N) is 1. The number of nitrogens with one attached hydrogen (secondary N) is 2. The minimum atomic E-state index is -0.308. The number of urea groups is 1. The van der Waals surface area contributed by atoms with Gasteiger partial charge in [0.05, 0.1) is 12.6 Å². The molecular formula is C16H19N3O2. The number of ether oxygens (including phenoxy) is 1. The zero-order chi connectivity index (χ0) is 15.1. The highest BCUT2D eigenvalue weighted by Crippen LogP contribution is 2.13. The highest BCUT2D eigenvalue weighted by atomic mass is 16.5. The van der Waals surface area contributed by atoms with E-state index in [0.29, 0.717) is 12.4 Å². The van der Waals surface area contributed by atoms with E-state index in [0.717, 1.165) is 11.1 Å². The Morgan fingerprint density at radius 1 is 1.24 bits per heavy atom. The molecule has 2 amide bonds. The van der Waals surface area contributed by atoms with Crippen LogP contribution in [0.25, 0.3) is 0 Å². The van der Waals surface area contributed by atoms with E-state index in [1.807, 2.05) is 43.3 Å². The smallest absolute Gasteiger partial charge is 0.320 e. The van der Waals surface area contributed by atoms with Gasteiger partial charge >= 0.3 is 6.03 Å². The Labute approximate surface area is 124 Å². The maximum absolute atomic E-state index is 12.0. The standard InChI is InChI=1S/C16H19N3O2/c1-12-8-9-15(17-10-12)19-16(20)18-14(11-21-2)13-6-4-3-5-7-13/h3-10,14H,11H2,1-2H3,(H2,17,18,19,20)/t14-/m0/s1. The van der Waals surface area contributed by atoms with Gasteiger partial charge in [-0.2, -0.15) is 0 Å². The molecule has 0 aliphatic rings. The average molecular weight is 285 g/mol. The molecular weight excluding hydrogens is 266 g/mol. The molecule has 0 aliphatic carbocycles. The normalized spacial score (nSPS) is 11.7. The van der Waals surface area contributed by atoms with Crippen LogP contribution < -0.4 is 10.6 Å². The summed E-state index contributed by atoms with van der Waals surface area (Å²) in [4.78, 5) is 16.2. The molecule has 0 aliphatic heterocycles. The van der Waals surface area contributed by atoms with Crippen molar-refractivity contribution < 1.29 is 9.53 Å². The van der Waals surface area contributed by atoms with E-state index < -0.39 is 0 Å². The molecule has 21 heavy (non-hydrogen) atoms. The van der Waals surface area contributed by atoms with E-state index in [1.165, 1.54) is 0 Å². The Balaban J connectivity index is 2.00. The van der Waals surface area contributed by atoms with Crippen molar-refractivity contribution in [2.45, 2.75) is 13.0 Å². The molecule has 5 nitrogen and oxygen atoms in total. The van der Waals surface area contributed by atoms with Gasteiger partial charge in [0.25, 0.3) is 0 Å². The third-order valence-corrected chi connectivity index (χ3v) is 2.99. The largest absolute Gasteiger partial charge is 0.382 e. The van der Waals surface area contributed by atoms with Crippen LogP contribution in [0, 0.1) is 6.92 Å². The van der Waals surface area contributed by atoms with E-state index in [1.54, 1.807) is 19.4 Å². The summed E-state index contributed by atoms with van der Waals surface area (Å²) in [6.45, 7) is 2.35. The number of pyridine rings is 1. The third-order valence-electron chi connectivity index (χ3n) is 2.99. The van der Waals surface area contributed by atoms with E-state index in [9.17, 15) is 4.79 Å². The van der Waals surface area contributed by atoms with Crippen molar-refractivity contribution in [3.8, 4) is 0 Å². The summed E-state index contributed by atoms with van der Waals surface area (Å²) in [6, 6.07) is 12.8. The highest BCUT2D eigenvalue weighted by molar-refractivity contribution is 5.88. The first-order chi connectivity index (χ1) is 10.2. The Hall–Kier alpha value is -2.40. The fourth-order valence-corrected chi connectivity index (χ4v) is 1.93. The fraction of sp³-hybridized carbons (Fsp3) is 0.250. The topological polar surface area (TPSA) is 63.2 Å². The summed E-state index contributed by atoms with van der Waals surface area (Å²) in [5, 5.41) is 5.59. The predicted octanol–water partition coefficient (Wildman–Crippen LogP) is 2.90. The molecule has 0 fully saturated rings. The zero-order valence-electron chi connectivity index (χ0n) is 12.2. The molecule has 1 aromatic carbocycles. The fourth-order valence-electron chi connectivity index (χ4n) is 1.93. The van der Waals surface area contributed by atoms with Crippen LogP contribution in [0.1, 0.15) is 17.2 Å². The maximum Gasteiger partial charge on any atom is 0.320 e. The quantitative estimate of drug-likeness (QED) is 0.888. The van der Waals surface area contributed by atoms with Crippen molar-refractivity contribution >= 4 is 11.8 Å². The highest BCUT2D eigenvalue weighted by Gasteiger charge is 2.14. The first kappa shape index (κ1) is 15.0. The van der Waals surface area contributed by atoms with E-state index in [2.05, 4.69) is 15.6 Å². The van der Waals surface area contributed by atoms with Crippen molar-refractivity contribution in [3.05, 3.63) is 59.8 Å². The van der Waals surface area contributed by atoms with Gasteiger partial charge in [0.1, 0.15) is 5.82 Å². The molecule has 0 spiro atoms. The lowest BCUT2D eigenvalue weighted by Crippen LogP contribution is -2.35. The van der Waals surface area contributed by atoms with E-state index >= 15 is 0 Å². The average Bonchev–Trinajstić information content (AvgIpc) is 2.50. The van der Waals surface area contributed by atoms with Crippen molar-refractivity contribution in [1.82, 2.24) is 10.3 Å². The summed E-state index contributed by atoms with van der Waals surface area (Å²) in [5.74, 6) is 0.516. The van der Waals surface area contributed by atoms with Gasteiger partial charge < -0.3 is 10.1 Å². The molecule has 110 valence electrons. The van der Waals surface area contributed by atoms with Gasteiger partial charge in [0.15, 0.2) is 0 Å². The number of amides is 2. The molecule has 0 bridgehead atoms. The van der Waals surface area contributed by atoms with Crippen LogP contribution in [0.4, 0.5) is 10.6 Å². The molecule has 2 rings (SSSR count). The van der Waals surface area contributed by atoms with Crippen molar-refractivity contribution in [1.29, 1.82) is 0 Å². The number of hydrogen-bond acceptors (Lipinski definition) is 3. The number of benzene rings is 1. The lowest BCUT2D eigenvalue weighted by Gasteiger charge is -2.18. The van der Waals surface area contributed by atoms with E-state index in [4.69, 9.17) is 4.74 Å². The molecule has 0 radical (unpaired) electrons. The van der Waals surface area contributed by atoms with Gasteiger partial charge in [-0.25, -0.2) is 9.78 Å². The molecule has 1 aromatic heterocycles. The summed E-state index contributed by atoms with van der Waals surface area (Å²) < 4.78 is 5.17. The summed E-state index contributed by atoms with van der Waals surface area (Å²) in [5.41, 5.74) is 2.04. The van der Waals surface area contributed by atoms with Gasteiger partial charge in [-0.15, -0.1) is 0 Å². The van der Waals surface area contributed by atoms with Crippen LogP contribution in [-0.2, 0) is 4.74 Å². The predicted molar refractivity (Wildman–Crippen MR) is 82.2 cm³/mol. The Morgan fingerprint density at radius 3 is 2.62 bits per heavy atom. The maximum atomic E-state index is 12.0. The zero-order valence-corrected chi connectivity index (χ0v) is 12.2. The van der Waals surface area contributed by atoms with Gasteiger partial charge in [0.2, 0.25) is 0 Å². The minimum absolute atomic E-state index is 0.207. The summed E-state index contributed by atoms with van der Waals surface area (Å²) >= 11 is 0. The molecule has 2 N–H and O–H groups in total. The Morgan fingerprint density at radius 2 is 2.00 bits per heavy atom. The van der Waals surface area contributed by atoms with E-state index in [-0.39, 0.29) is 12.1 Å². The molecule has 1 atom stereocenters. The van der Waals surface area contributed by atoms with Crippen LogP contribution in [0.2, 0.25) is 0 Å². The monoisotopic (exact) mass is 285 g/mol. The number of hydrogen-bond donors (Lipinski definition) is 2. The third kappa shape index (κ3) is 4.57. The van der Waals surface area contributed by atoms with Crippen LogP contribution in [-0.4, -0.2) is 24.7 Å². The second-order valence-corrected chi connectivity index (χ2v) is 4.74. The van der Waals surface area contributed by atoms with Gasteiger partial charge in [0, 0.05) is 13.3 Å².